The van der Waals surface area contributed by atoms with Crippen molar-refractivity contribution in [2.45, 2.75) is 12.1 Å². The molecule has 3 rings (SSSR count). The Hall–Kier alpha value is -1.75. The van der Waals surface area contributed by atoms with Crippen LogP contribution in [0.3, 0.4) is 0 Å². The van der Waals surface area contributed by atoms with Gasteiger partial charge in [-0.1, -0.05) is 6.07 Å². The van der Waals surface area contributed by atoms with Crippen LogP contribution in [0.4, 0.5) is 10.5 Å². The molecule has 5 nitrogen and oxygen atoms in total. The summed E-state index contributed by atoms with van der Waals surface area (Å²) in [4.78, 5) is 13.3. The summed E-state index contributed by atoms with van der Waals surface area (Å²) in [7, 11) is 0. The van der Waals surface area contributed by atoms with E-state index in [1.807, 2.05) is 0 Å². The standard InChI is InChI=1S/C11H12N2O3/c14-8-3-1-2-7(4-8)13-9-5-12-6-10(9)16-11(13)15/h1-4,9-10,12,14H,5-6H2. The number of ether oxygens (including phenoxy) is 1. The van der Waals surface area contributed by atoms with Gasteiger partial charge in [0.25, 0.3) is 0 Å². The highest BCUT2D eigenvalue weighted by molar-refractivity contribution is 5.91. The lowest BCUT2D eigenvalue weighted by Gasteiger charge is -2.19. The van der Waals surface area contributed by atoms with Gasteiger partial charge < -0.3 is 15.2 Å². The molecule has 2 heterocycles. The zero-order chi connectivity index (χ0) is 11.1. The van der Waals surface area contributed by atoms with E-state index in [0.29, 0.717) is 12.2 Å². The molecule has 0 aliphatic carbocycles. The summed E-state index contributed by atoms with van der Waals surface area (Å²) >= 11 is 0. The molecule has 2 aliphatic heterocycles. The van der Waals surface area contributed by atoms with Crippen molar-refractivity contribution in [3.63, 3.8) is 0 Å². The average Bonchev–Trinajstić information content (AvgIpc) is 2.76. The van der Waals surface area contributed by atoms with E-state index in [1.54, 1.807) is 29.2 Å². The molecule has 0 aromatic heterocycles. The summed E-state index contributed by atoms with van der Waals surface area (Å²) in [5, 5.41) is 12.6. The topological polar surface area (TPSA) is 61.8 Å². The highest BCUT2D eigenvalue weighted by atomic mass is 16.6. The Bertz CT molecular complexity index is 435. The van der Waals surface area contributed by atoms with Gasteiger partial charge in [0.05, 0.1) is 11.7 Å². The Morgan fingerprint density at radius 1 is 1.44 bits per heavy atom. The van der Waals surface area contributed by atoms with E-state index in [9.17, 15) is 9.90 Å². The number of anilines is 1. The molecule has 0 bridgehead atoms. The van der Waals surface area contributed by atoms with Gasteiger partial charge in [-0.05, 0) is 12.1 Å². The second-order valence-electron chi connectivity index (χ2n) is 4.04. The molecule has 2 saturated heterocycles. The fraction of sp³-hybridized carbons (Fsp3) is 0.364. The number of hydrogen-bond acceptors (Lipinski definition) is 4. The Balaban J connectivity index is 1.96. The number of nitrogens with zero attached hydrogens (tertiary/aromatic N) is 1. The lowest BCUT2D eigenvalue weighted by molar-refractivity contribution is 0.143. The third-order valence-electron chi connectivity index (χ3n) is 3.02. The molecular formula is C11H12N2O3. The first kappa shape index (κ1) is 9.47. The largest absolute Gasteiger partial charge is 0.508 e. The van der Waals surface area contributed by atoms with Crippen molar-refractivity contribution in [1.29, 1.82) is 0 Å². The summed E-state index contributed by atoms with van der Waals surface area (Å²) in [5.74, 6) is 0.153. The lowest BCUT2D eigenvalue weighted by Crippen LogP contribution is -2.37. The van der Waals surface area contributed by atoms with Crippen LogP contribution in [-0.2, 0) is 4.74 Å². The van der Waals surface area contributed by atoms with Gasteiger partial charge in [-0.3, -0.25) is 4.90 Å². The minimum absolute atomic E-state index is 0.0364. The Labute approximate surface area is 92.6 Å². The first-order valence-electron chi connectivity index (χ1n) is 5.25. The molecule has 2 unspecified atom stereocenters. The second kappa shape index (κ2) is 3.38. The maximum Gasteiger partial charge on any atom is 0.415 e. The Kier molecular flexibility index (Phi) is 2.00. The molecule has 1 aromatic carbocycles. The maximum absolute atomic E-state index is 11.7. The Morgan fingerprint density at radius 2 is 2.31 bits per heavy atom. The first-order valence-corrected chi connectivity index (χ1v) is 5.25. The summed E-state index contributed by atoms with van der Waals surface area (Å²) in [5.41, 5.74) is 0.682. The summed E-state index contributed by atoms with van der Waals surface area (Å²) < 4.78 is 5.24. The first-order chi connectivity index (χ1) is 7.75. The van der Waals surface area contributed by atoms with E-state index in [2.05, 4.69) is 5.32 Å². The lowest BCUT2D eigenvalue weighted by atomic mass is 10.2. The number of benzene rings is 1. The number of amides is 1. The predicted octanol–water partition coefficient (Wildman–Crippen LogP) is 0.689. The number of aromatic hydroxyl groups is 1. The predicted molar refractivity (Wildman–Crippen MR) is 57.5 cm³/mol. The van der Waals surface area contributed by atoms with E-state index in [-0.39, 0.29) is 24.0 Å². The van der Waals surface area contributed by atoms with E-state index < -0.39 is 0 Å². The van der Waals surface area contributed by atoms with E-state index in [1.165, 1.54) is 0 Å². The SMILES string of the molecule is O=C1OC2CNCC2N1c1cccc(O)c1. The number of hydrogen-bond donors (Lipinski definition) is 2. The van der Waals surface area contributed by atoms with Crippen molar-refractivity contribution in [1.82, 2.24) is 5.32 Å². The van der Waals surface area contributed by atoms with Crippen LogP contribution in [0.2, 0.25) is 0 Å². The smallest absolute Gasteiger partial charge is 0.415 e. The van der Waals surface area contributed by atoms with Gasteiger partial charge in [0.2, 0.25) is 0 Å². The number of phenolic OH excluding ortho intramolecular Hbond substituents is 1. The number of carbonyl (C=O) groups is 1. The fourth-order valence-electron chi connectivity index (χ4n) is 2.28. The number of fused-ring (bicyclic) bond motifs is 1. The van der Waals surface area contributed by atoms with Crippen molar-refractivity contribution >= 4 is 11.8 Å². The zero-order valence-electron chi connectivity index (χ0n) is 8.59. The van der Waals surface area contributed by atoms with Crippen molar-refractivity contribution in [3.05, 3.63) is 24.3 Å². The van der Waals surface area contributed by atoms with Crippen LogP contribution in [0.25, 0.3) is 0 Å². The van der Waals surface area contributed by atoms with E-state index >= 15 is 0 Å². The molecule has 0 spiro atoms. The minimum atomic E-state index is -0.331. The van der Waals surface area contributed by atoms with Crippen LogP contribution < -0.4 is 10.2 Å². The van der Waals surface area contributed by atoms with Crippen molar-refractivity contribution in [2.75, 3.05) is 18.0 Å². The van der Waals surface area contributed by atoms with Crippen LogP contribution in [0.1, 0.15) is 0 Å². The molecular weight excluding hydrogens is 208 g/mol. The molecule has 16 heavy (non-hydrogen) atoms. The Morgan fingerprint density at radius 3 is 3.12 bits per heavy atom. The molecule has 5 heteroatoms. The minimum Gasteiger partial charge on any atom is -0.508 e. The third-order valence-corrected chi connectivity index (χ3v) is 3.02. The molecule has 2 fully saturated rings. The van der Waals surface area contributed by atoms with Gasteiger partial charge in [0.1, 0.15) is 11.9 Å². The summed E-state index contributed by atoms with van der Waals surface area (Å²) in [6, 6.07) is 6.70. The average molecular weight is 220 g/mol. The third kappa shape index (κ3) is 1.32. The van der Waals surface area contributed by atoms with Crippen LogP contribution in [-0.4, -0.2) is 36.4 Å². The summed E-state index contributed by atoms with van der Waals surface area (Å²) in [6.07, 6.45) is -0.406. The number of carbonyl (C=O) groups excluding carboxylic acids is 1. The molecule has 0 saturated carbocycles. The van der Waals surface area contributed by atoms with Crippen LogP contribution in [0, 0.1) is 0 Å². The second-order valence-corrected chi connectivity index (χ2v) is 4.04. The number of rotatable bonds is 1. The van der Waals surface area contributed by atoms with Crippen LogP contribution in [0.15, 0.2) is 24.3 Å². The van der Waals surface area contributed by atoms with Gasteiger partial charge >= 0.3 is 6.09 Å². The van der Waals surface area contributed by atoms with Crippen LogP contribution >= 0.6 is 0 Å². The summed E-state index contributed by atoms with van der Waals surface area (Å²) in [6.45, 7) is 1.43. The van der Waals surface area contributed by atoms with Gasteiger partial charge in [0, 0.05) is 19.2 Å². The van der Waals surface area contributed by atoms with Gasteiger partial charge in [-0.15, -0.1) is 0 Å². The number of nitrogens with one attached hydrogen (secondary N) is 1. The molecule has 1 amide bonds. The van der Waals surface area contributed by atoms with E-state index in [0.717, 1.165) is 6.54 Å². The highest BCUT2D eigenvalue weighted by Gasteiger charge is 2.45. The van der Waals surface area contributed by atoms with Gasteiger partial charge in [-0.25, -0.2) is 4.79 Å². The van der Waals surface area contributed by atoms with Crippen LogP contribution in [0.5, 0.6) is 5.75 Å². The normalized spacial score (nSPS) is 28.0. The molecule has 0 radical (unpaired) electrons. The van der Waals surface area contributed by atoms with Crippen molar-refractivity contribution in [3.8, 4) is 5.75 Å². The number of phenols is 1. The molecule has 2 atom stereocenters. The molecule has 2 N–H and O–H groups in total. The van der Waals surface area contributed by atoms with Gasteiger partial charge in [-0.2, -0.15) is 0 Å². The molecule has 1 aromatic rings. The monoisotopic (exact) mass is 220 g/mol. The van der Waals surface area contributed by atoms with E-state index in [4.69, 9.17) is 4.74 Å². The quantitative estimate of drug-likeness (QED) is 0.731. The zero-order valence-corrected chi connectivity index (χ0v) is 8.59. The molecule has 84 valence electrons. The fourth-order valence-corrected chi connectivity index (χ4v) is 2.28. The molecule has 2 aliphatic rings. The highest BCUT2D eigenvalue weighted by Crippen LogP contribution is 2.30. The maximum atomic E-state index is 11.7. The van der Waals surface area contributed by atoms with Crippen molar-refractivity contribution in [2.24, 2.45) is 0 Å². The van der Waals surface area contributed by atoms with Crippen molar-refractivity contribution < 1.29 is 14.6 Å². The van der Waals surface area contributed by atoms with Gasteiger partial charge in [0.15, 0.2) is 0 Å².